The molecule has 0 aliphatic carbocycles. The first-order valence-electron chi connectivity index (χ1n) is 4.05. The molecule has 0 aliphatic rings. The van der Waals surface area contributed by atoms with Gasteiger partial charge in [0.05, 0.1) is 18.6 Å². The fraction of sp³-hybridized carbons (Fsp3) is 0.375. The van der Waals surface area contributed by atoms with Crippen LogP contribution in [0.3, 0.4) is 0 Å². The van der Waals surface area contributed by atoms with Gasteiger partial charge in [0.1, 0.15) is 4.88 Å². The molecule has 0 fully saturated rings. The number of nitrogens with one attached hydrogen (secondary N) is 1. The molecule has 0 saturated heterocycles. The Morgan fingerprint density at radius 2 is 2.27 bits per heavy atom. The highest BCUT2D eigenvalue weighted by Crippen LogP contribution is 2.23. The second-order valence-electron chi connectivity index (χ2n) is 2.63. The monoisotopic (exact) mass is 246 g/mol. The number of aromatic nitrogens is 1. The van der Waals surface area contributed by atoms with Gasteiger partial charge in [0, 0.05) is 0 Å². The highest BCUT2D eigenvalue weighted by atomic mass is 32.1. The summed E-state index contributed by atoms with van der Waals surface area (Å²) in [5.41, 5.74) is 0.543. The third kappa shape index (κ3) is 2.93. The summed E-state index contributed by atoms with van der Waals surface area (Å²) in [6, 6.07) is 0. The number of anilines is 1. The summed E-state index contributed by atoms with van der Waals surface area (Å²) in [4.78, 5) is 26.6. The zero-order valence-corrected chi connectivity index (χ0v) is 9.95. The van der Waals surface area contributed by atoms with E-state index in [1.807, 2.05) is 0 Å². The lowest BCUT2D eigenvalue weighted by Gasteiger charge is -1.95. The van der Waals surface area contributed by atoms with Crippen LogP contribution in [0.15, 0.2) is 0 Å². The van der Waals surface area contributed by atoms with Gasteiger partial charge in [-0.15, -0.1) is 0 Å². The van der Waals surface area contributed by atoms with Crippen LogP contribution in [-0.2, 0) is 9.53 Å². The molecule has 1 aromatic heterocycles. The molecule has 0 radical (unpaired) electrons. The van der Waals surface area contributed by atoms with Crippen LogP contribution < -0.4 is 5.32 Å². The molecule has 0 bridgehead atoms. The number of ether oxygens (including phenoxy) is 1. The smallest absolute Gasteiger partial charge is 0.350 e. The van der Waals surface area contributed by atoms with E-state index in [9.17, 15) is 9.59 Å². The van der Waals surface area contributed by atoms with E-state index in [0.29, 0.717) is 15.7 Å². The number of aryl methyl sites for hydroxylation is 1. The fourth-order valence-corrected chi connectivity index (χ4v) is 1.87. The zero-order valence-electron chi connectivity index (χ0n) is 8.23. The van der Waals surface area contributed by atoms with Gasteiger partial charge in [-0.2, -0.15) is 12.6 Å². The van der Waals surface area contributed by atoms with Gasteiger partial charge < -0.3 is 10.1 Å². The van der Waals surface area contributed by atoms with Crippen LogP contribution in [0.1, 0.15) is 15.4 Å². The summed E-state index contributed by atoms with van der Waals surface area (Å²) >= 11 is 4.90. The minimum absolute atomic E-state index is 0.0756. The summed E-state index contributed by atoms with van der Waals surface area (Å²) in [5, 5.41) is 2.90. The van der Waals surface area contributed by atoms with E-state index in [0.717, 1.165) is 11.3 Å². The lowest BCUT2D eigenvalue weighted by molar-refractivity contribution is -0.113. The Bertz CT molecular complexity index is 389. The first-order chi connectivity index (χ1) is 7.08. The number of amides is 1. The zero-order chi connectivity index (χ0) is 11.4. The average Bonchev–Trinajstić information content (AvgIpc) is 2.58. The van der Waals surface area contributed by atoms with Crippen molar-refractivity contribution >= 4 is 41.0 Å². The fourth-order valence-electron chi connectivity index (χ4n) is 0.891. The normalized spacial score (nSPS) is 9.80. The van der Waals surface area contributed by atoms with Crippen molar-refractivity contribution in [1.29, 1.82) is 0 Å². The van der Waals surface area contributed by atoms with E-state index >= 15 is 0 Å². The molecule has 0 saturated carbocycles. The Morgan fingerprint density at radius 1 is 1.60 bits per heavy atom. The van der Waals surface area contributed by atoms with Crippen LogP contribution in [-0.4, -0.2) is 29.7 Å². The number of thiazole rings is 1. The Hall–Kier alpha value is -1.08. The molecule has 0 atom stereocenters. The van der Waals surface area contributed by atoms with Gasteiger partial charge >= 0.3 is 5.97 Å². The van der Waals surface area contributed by atoms with Gasteiger partial charge in [-0.25, -0.2) is 9.78 Å². The van der Waals surface area contributed by atoms with Gasteiger partial charge in [-0.3, -0.25) is 4.79 Å². The Morgan fingerprint density at radius 3 is 2.80 bits per heavy atom. The molecule has 0 aliphatic heterocycles. The second kappa shape index (κ2) is 5.13. The summed E-state index contributed by atoms with van der Waals surface area (Å²) in [5.74, 6) is -0.633. The molecule has 1 rings (SSSR count). The Balaban J connectivity index is 2.86. The van der Waals surface area contributed by atoms with E-state index in [1.165, 1.54) is 7.11 Å². The number of carbonyl (C=O) groups is 2. The molecule has 1 N–H and O–H groups in total. The van der Waals surface area contributed by atoms with Crippen molar-refractivity contribution in [2.24, 2.45) is 0 Å². The molecular formula is C8H10N2O3S2. The van der Waals surface area contributed by atoms with Gasteiger partial charge in [0.2, 0.25) is 5.91 Å². The molecule has 0 spiro atoms. The third-order valence-electron chi connectivity index (χ3n) is 1.56. The van der Waals surface area contributed by atoms with Gasteiger partial charge in [-0.05, 0) is 6.92 Å². The van der Waals surface area contributed by atoms with Crippen LogP contribution in [0, 0.1) is 6.92 Å². The van der Waals surface area contributed by atoms with Crippen molar-refractivity contribution in [3.05, 3.63) is 10.6 Å². The molecule has 1 amide bonds. The van der Waals surface area contributed by atoms with E-state index in [2.05, 4.69) is 27.7 Å². The van der Waals surface area contributed by atoms with Gasteiger partial charge in [-0.1, -0.05) is 11.3 Å². The molecule has 15 heavy (non-hydrogen) atoms. The number of nitrogens with zero attached hydrogens (tertiary/aromatic N) is 1. The van der Waals surface area contributed by atoms with E-state index in [-0.39, 0.29) is 11.7 Å². The first-order valence-corrected chi connectivity index (χ1v) is 5.49. The maximum atomic E-state index is 11.2. The number of esters is 1. The SMILES string of the molecule is COC(=O)c1sc(NC(=O)CS)nc1C. The highest BCUT2D eigenvalue weighted by Gasteiger charge is 2.16. The van der Waals surface area contributed by atoms with Crippen molar-refractivity contribution in [1.82, 2.24) is 4.98 Å². The maximum absolute atomic E-state index is 11.2. The predicted molar refractivity (Wildman–Crippen MR) is 60.7 cm³/mol. The van der Waals surface area contributed by atoms with E-state index in [1.54, 1.807) is 6.92 Å². The summed E-state index contributed by atoms with van der Waals surface area (Å²) in [6.07, 6.45) is 0. The van der Waals surface area contributed by atoms with Crippen LogP contribution in [0.4, 0.5) is 5.13 Å². The summed E-state index contributed by atoms with van der Waals surface area (Å²) in [7, 11) is 1.30. The first kappa shape index (κ1) is 12.0. The van der Waals surface area contributed by atoms with Crippen molar-refractivity contribution < 1.29 is 14.3 Å². The summed E-state index contributed by atoms with van der Waals surface area (Å²) in [6.45, 7) is 1.68. The standard InChI is InChI=1S/C8H10N2O3S2/c1-4-6(7(12)13-2)15-8(9-4)10-5(11)3-14/h14H,3H2,1-2H3,(H,9,10,11). The number of hydrogen-bond acceptors (Lipinski definition) is 6. The number of rotatable bonds is 3. The average molecular weight is 246 g/mol. The van der Waals surface area contributed by atoms with Crippen molar-refractivity contribution in [2.75, 3.05) is 18.2 Å². The molecule has 0 unspecified atom stereocenters. The van der Waals surface area contributed by atoms with E-state index in [4.69, 9.17) is 0 Å². The lowest BCUT2D eigenvalue weighted by Crippen LogP contribution is -2.12. The number of methoxy groups -OCH3 is 1. The van der Waals surface area contributed by atoms with Gasteiger partial charge in [0.15, 0.2) is 5.13 Å². The quantitative estimate of drug-likeness (QED) is 0.619. The lowest BCUT2D eigenvalue weighted by atomic mass is 10.4. The molecule has 1 aromatic rings. The topological polar surface area (TPSA) is 68.3 Å². The Labute approximate surface area is 96.3 Å². The molecule has 1 heterocycles. The minimum Gasteiger partial charge on any atom is -0.465 e. The molecule has 82 valence electrons. The predicted octanol–water partition coefficient (Wildman–Crippen LogP) is 1.11. The molecule has 7 heteroatoms. The number of thiol groups is 1. The molecule has 5 nitrogen and oxygen atoms in total. The highest BCUT2D eigenvalue weighted by molar-refractivity contribution is 7.81. The second-order valence-corrected chi connectivity index (χ2v) is 3.95. The molecular weight excluding hydrogens is 236 g/mol. The third-order valence-corrected chi connectivity index (χ3v) is 2.90. The largest absolute Gasteiger partial charge is 0.465 e. The van der Waals surface area contributed by atoms with Crippen LogP contribution >= 0.6 is 24.0 Å². The van der Waals surface area contributed by atoms with Crippen LogP contribution in [0.25, 0.3) is 0 Å². The molecule has 0 aromatic carbocycles. The maximum Gasteiger partial charge on any atom is 0.350 e. The van der Waals surface area contributed by atoms with Crippen LogP contribution in [0.5, 0.6) is 0 Å². The number of hydrogen-bond donors (Lipinski definition) is 2. The van der Waals surface area contributed by atoms with Crippen molar-refractivity contribution in [3.63, 3.8) is 0 Å². The van der Waals surface area contributed by atoms with Crippen LogP contribution in [0.2, 0.25) is 0 Å². The van der Waals surface area contributed by atoms with Crippen molar-refractivity contribution in [2.45, 2.75) is 6.92 Å². The summed E-state index contributed by atoms with van der Waals surface area (Å²) < 4.78 is 4.57. The number of carbonyl (C=O) groups excluding carboxylic acids is 2. The van der Waals surface area contributed by atoms with E-state index < -0.39 is 5.97 Å². The minimum atomic E-state index is -0.448. The Kier molecular flexibility index (Phi) is 4.10. The van der Waals surface area contributed by atoms with Crippen molar-refractivity contribution in [3.8, 4) is 0 Å². The van der Waals surface area contributed by atoms with Gasteiger partial charge in [0.25, 0.3) is 0 Å².